The van der Waals surface area contributed by atoms with Crippen LogP contribution in [0.1, 0.15) is 19.4 Å². The highest BCUT2D eigenvalue weighted by molar-refractivity contribution is 6.19. The molecule has 3 rings (SSSR count). The zero-order valence-corrected chi connectivity index (χ0v) is 12.7. The summed E-state index contributed by atoms with van der Waals surface area (Å²) in [6.07, 6.45) is 0. The van der Waals surface area contributed by atoms with Gasteiger partial charge in [0.25, 0.3) is 0 Å². The molecule has 0 saturated carbocycles. The van der Waals surface area contributed by atoms with E-state index in [1.807, 2.05) is 28.0 Å². The van der Waals surface area contributed by atoms with Crippen molar-refractivity contribution in [3.8, 4) is 0 Å². The zero-order valence-electron chi connectivity index (χ0n) is 12.7. The highest BCUT2D eigenvalue weighted by Gasteiger charge is 2.36. The molecule has 1 aromatic carbocycles. The van der Waals surface area contributed by atoms with Crippen molar-refractivity contribution in [2.45, 2.75) is 13.8 Å². The number of carbonyl (C=O) groups excluding carboxylic acids is 1. The quantitative estimate of drug-likeness (QED) is 0.831. The first-order valence-electron chi connectivity index (χ1n) is 7.71. The minimum atomic E-state index is 0.0668. The van der Waals surface area contributed by atoms with Gasteiger partial charge in [0.05, 0.1) is 12.2 Å². The van der Waals surface area contributed by atoms with Crippen molar-refractivity contribution in [3.05, 3.63) is 29.8 Å². The SMILES string of the molecule is CCN(CC)CCN1C(=O)N2CCN=C2c2ccccc21. The van der Waals surface area contributed by atoms with Crippen molar-refractivity contribution >= 4 is 17.6 Å². The van der Waals surface area contributed by atoms with Crippen molar-refractivity contribution in [3.63, 3.8) is 0 Å². The lowest BCUT2D eigenvalue weighted by atomic mass is 10.1. The maximum absolute atomic E-state index is 12.7. The third kappa shape index (κ3) is 2.42. The molecule has 0 fully saturated rings. The van der Waals surface area contributed by atoms with Gasteiger partial charge in [-0.05, 0) is 25.2 Å². The van der Waals surface area contributed by atoms with Crippen LogP contribution in [-0.4, -0.2) is 60.9 Å². The second-order valence-corrected chi connectivity index (χ2v) is 5.34. The number of amides is 2. The van der Waals surface area contributed by atoms with Crippen LogP contribution in [0.2, 0.25) is 0 Å². The first kappa shape index (κ1) is 14.1. The number of anilines is 1. The van der Waals surface area contributed by atoms with Gasteiger partial charge in [0.1, 0.15) is 5.84 Å². The van der Waals surface area contributed by atoms with Gasteiger partial charge >= 0.3 is 6.03 Å². The van der Waals surface area contributed by atoms with Crippen molar-refractivity contribution in [2.75, 3.05) is 44.2 Å². The van der Waals surface area contributed by atoms with Crippen LogP contribution in [0.5, 0.6) is 0 Å². The number of para-hydroxylation sites is 1. The molecule has 0 radical (unpaired) electrons. The number of fused-ring (bicyclic) bond motifs is 3. The number of benzene rings is 1. The largest absolute Gasteiger partial charge is 0.330 e. The van der Waals surface area contributed by atoms with Gasteiger partial charge in [0.15, 0.2) is 0 Å². The molecule has 2 aliphatic rings. The Labute approximate surface area is 125 Å². The lowest BCUT2D eigenvalue weighted by molar-refractivity contribution is 0.226. The molecule has 0 unspecified atom stereocenters. The summed E-state index contributed by atoms with van der Waals surface area (Å²) in [7, 11) is 0. The van der Waals surface area contributed by atoms with Gasteiger partial charge < -0.3 is 4.90 Å². The Kier molecular flexibility index (Phi) is 3.92. The second kappa shape index (κ2) is 5.85. The van der Waals surface area contributed by atoms with Gasteiger partial charge in [-0.3, -0.25) is 14.8 Å². The van der Waals surface area contributed by atoms with Crippen molar-refractivity contribution in [2.24, 2.45) is 4.99 Å². The lowest BCUT2D eigenvalue weighted by Gasteiger charge is -2.36. The van der Waals surface area contributed by atoms with E-state index in [1.54, 1.807) is 0 Å². The molecule has 2 aliphatic heterocycles. The van der Waals surface area contributed by atoms with E-state index in [9.17, 15) is 4.79 Å². The molecule has 2 amide bonds. The van der Waals surface area contributed by atoms with Crippen LogP contribution in [0.25, 0.3) is 0 Å². The zero-order chi connectivity index (χ0) is 14.8. The highest BCUT2D eigenvalue weighted by Crippen LogP contribution is 2.30. The summed E-state index contributed by atoms with van der Waals surface area (Å²) in [5, 5.41) is 0. The normalized spacial score (nSPS) is 17.1. The van der Waals surface area contributed by atoms with Gasteiger partial charge in [-0.25, -0.2) is 4.79 Å². The summed E-state index contributed by atoms with van der Waals surface area (Å²) in [5.74, 6) is 0.842. The Morgan fingerprint density at radius 3 is 2.76 bits per heavy atom. The number of rotatable bonds is 5. The summed E-state index contributed by atoms with van der Waals surface area (Å²) in [6, 6.07) is 8.15. The number of urea groups is 1. The van der Waals surface area contributed by atoms with Crippen LogP contribution >= 0.6 is 0 Å². The molecule has 0 saturated heterocycles. The third-order valence-electron chi connectivity index (χ3n) is 4.27. The minimum Gasteiger partial charge on any atom is -0.302 e. The molecule has 2 heterocycles. The number of carbonyl (C=O) groups is 1. The Balaban J connectivity index is 1.88. The molecule has 5 nitrogen and oxygen atoms in total. The van der Waals surface area contributed by atoms with Gasteiger partial charge in [-0.15, -0.1) is 0 Å². The predicted octanol–water partition coefficient (Wildman–Crippen LogP) is 2.03. The van der Waals surface area contributed by atoms with Gasteiger partial charge in [-0.2, -0.15) is 0 Å². The van der Waals surface area contributed by atoms with Crippen LogP contribution in [0.15, 0.2) is 29.3 Å². The van der Waals surface area contributed by atoms with Gasteiger partial charge in [0, 0.05) is 25.2 Å². The molecule has 0 atom stereocenters. The number of hydrogen-bond acceptors (Lipinski definition) is 3. The maximum atomic E-state index is 12.7. The Morgan fingerprint density at radius 2 is 2.00 bits per heavy atom. The minimum absolute atomic E-state index is 0.0668. The number of nitrogens with zero attached hydrogens (tertiary/aromatic N) is 4. The van der Waals surface area contributed by atoms with Crippen molar-refractivity contribution in [1.82, 2.24) is 9.80 Å². The van der Waals surface area contributed by atoms with Crippen LogP contribution in [-0.2, 0) is 0 Å². The first-order valence-corrected chi connectivity index (χ1v) is 7.71. The lowest BCUT2D eigenvalue weighted by Crippen LogP contribution is -2.51. The van der Waals surface area contributed by atoms with Gasteiger partial charge in [-0.1, -0.05) is 26.0 Å². The van der Waals surface area contributed by atoms with E-state index < -0.39 is 0 Å². The van der Waals surface area contributed by atoms with Crippen LogP contribution in [0, 0.1) is 0 Å². The molecule has 0 bridgehead atoms. The average Bonchev–Trinajstić information content (AvgIpc) is 3.01. The number of amidine groups is 1. The molecule has 112 valence electrons. The topological polar surface area (TPSA) is 39.1 Å². The van der Waals surface area contributed by atoms with E-state index in [4.69, 9.17) is 0 Å². The Hall–Kier alpha value is -1.88. The second-order valence-electron chi connectivity index (χ2n) is 5.34. The molecule has 0 aliphatic carbocycles. The average molecular weight is 286 g/mol. The standard InChI is InChI=1S/C16H22N4O/c1-3-18(4-2)11-12-19-14-8-6-5-7-13(14)15-17-9-10-20(15)16(19)21/h5-8H,3-4,9-12H2,1-2H3. The Morgan fingerprint density at radius 1 is 1.24 bits per heavy atom. The summed E-state index contributed by atoms with van der Waals surface area (Å²) >= 11 is 0. The summed E-state index contributed by atoms with van der Waals surface area (Å²) in [5.41, 5.74) is 2.07. The fourth-order valence-electron chi connectivity index (χ4n) is 3.01. The van der Waals surface area contributed by atoms with Crippen LogP contribution < -0.4 is 4.90 Å². The van der Waals surface area contributed by atoms with Crippen LogP contribution in [0.4, 0.5) is 10.5 Å². The van der Waals surface area contributed by atoms with Crippen LogP contribution in [0.3, 0.4) is 0 Å². The smallest absolute Gasteiger partial charge is 0.302 e. The predicted molar refractivity (Wildman–Crippen MR) is 85.1 cm³/mol. The summed E-state index contributed by atoms with van der Waals surface area (Å²) in [6.45, 7) is 9.35. The maximum Gasteiger partial charge on any atom is 0.330 e. The molecule has 21 heavy (non-hydrogen) atoms. The van der Waals surface area contributed by atoms with E-state index in [1.165, 1.54) is 0 Å². The van der Waals surface area contributed by atoms with Crippen molar-refractivity contribution in [1.29, 1.82) is 0 Å². The number of aliphatic imine (C=N–C) groups is 1. The van der Waals surface area contributed by atoms with E-state index in [2.05, 4.69) is 29.8 Å². The van der Waals surface area contributed by atoms with Gasteiger partial charge in [0.2, 0.25) is 0 Å². The number of hydrogen-bond donors (Lipinski definition) is 0. The van der Waals surface area contributed by atoms with E-state index in [-0.39, 0.29) is 6.03 Å². The summed E-state index contributed by atoms with van der Waals surface area (Å²) in [4.78, 5) is 23.3. The molecular formula is C16H22N4O. The Bertz CT molecular complexity index is 565. The molecule has 0 N–H and O–H groups in total. The van der Waals surface area contributed by atoms with E-state index in [0.29, 0.717) is 13.1 Å². The first-order chi connectivity index (χ1) is 10.3. The molecule has 1 aromatic rings. The molecular weight excluding hydrogens is 264 g/mol. The summed E-state index contributed by atoms with van der Waals surface area (Å²) < 4.78 is 0. The molecule has 0 spiro atoms. The van der Waals surface area contributed by atoms with E-state index in [0.717, 1.165) is 43.3 Å². The monoisotopic (exact) mass is 286 g/mol. The fourth-order valence-corrected chi connectivity index (χ4v) is 3.01. The third-order valence-corrected chi connectivity index (χ3v) is 4.27. The highest BCUT2D eigenvalue weighted by atomic mass is 16.2. The molecule has 5 heteroatoms. The van der Waals surface area contributed by atoms with E-state index >= 15 is 0 Å². The van der Waals surface area contributed by atoms with Crippen molar-refractivity contribution < 1.29 is 4.79 Å². The number of likely N-dealkylation sites (N-methyl/N-ethyl adjacent to an activating group) is 1. The molecule has 0 aromatic heterocycles. The fraction of sp³-hybridized carbons (Fsp3) is 0.500.